The highest BCUT2D eigenvalue weighted by Crippen LogP contribution is 2.29. The molecule has 0 fully saturated rings. The molecule has 4 aromatic heterocycles. The molecule has 7 heteroatoms. The van der Waals surface area contributed by atoms with Gasteiger partial charge >= 0.3 is 5.97 Å². The molecule has 0 bridgehead atoms. The second kappa shape index (κ2) is 6.36. The topological polar surface area (TPSA) is 105 Å². The summed E-state index contributed by atoms with van der Waals surface area (Å²) in [5.41, 5.74) is 5.70. The normalized spacial score (nSPS) is 11.0. The quantitative estimate of drug-likeness (QED) is 0.589. The first-order valence-electron chi connectivity index (χ1n) is 8.06. The van der Waals surface area contributed by atoms with Crippen LogP contribution in [-0.4, -0.2) is 36.2 Å². The number of carboxylic acids is 1. The van der Waals surface area contributed by atoms with E-state index in [0.717, 1.165) is 17.0 Å². The van der Waals surface area contributed by atoms with E-state index in [1.165, 1.54) is 0 Å². The van der Waals surface area contributed by atoms with Gasteiger partial charge in [0.2, 0.25) is 0 Å². The molecule has 26 heavy (non-hydrogen) atoms. The third kappa shape index (κ3) is 2.90. The molecule has 0 aromatic carbocycles. The van der Waals surface area contributed by atoms with Crippen LogP contribution in [0.1, 0.15) is 11.3 Å². The lowest BCUT2D eigenvalue weighted by Crippen LogP contribution is -2.02. The van der Waals surface area contributed by atoms with Gasteiger partial charge in [-0.2, -0.15) is 5.10 Å². The van der Waals surface area contributed by atoms with Crippen LogP contribution in [-0.2, 0) is 11.2 Å². The highest BCUT2D eigenvalue weighted by atomic mass is 16.4. The highest BCUT2D eigenvalue weighted by Gasteiger charge is 2.15. The van der Waals surface area contributed by atoms with Gasteiger partial charge in [-0.1, -0.05) is 6.07 Å². The van der Waals surface area contributed by atoms with Gasteiger partial charge in [0.05, 0.1) is 28.8 Å². The first-order valence-corrected chi connectivity index (χ1v) is 8.06. The second-order valence-corrected chi connectivity index (χ2v) is 5.92. The molecule has 0 saturated heterocycles. The van der Waals surface area contributed by atoms with Crippen LogP contribution in [0.3, 0.4) is 0 Å². The lowest BCUT2D eigenvalue weighted by atomic mass is 10.1. The molecule has 4 rings (SSSR count). The average molecular weight is 345 g/mol. The first kappa shape index (κ1) is 15.9. The van der Waals surface area contributed by atoms with Crippen LogP contribution in [0.5, 0.6) is 0 Å². The summed E-state index contributed by atoms with van der Waals surface area (Å²) in [6.07, 6.45) is 3.26. The van der Waals surface area contributed by atoms with Crippen LogP contribution >= 0.6 is 0 Å². The van der Waals surface area contributed by atoms with Crippen molar-refractivity contribution in [2.75, 3.05) is 0 Å². The number of hydrogen-bond donors (Lipinski definition) is 2. The smallest absolute Gasteiger partial charge is 0.307 e. The van der Waals surface area contributed by atoms with Crippen LogP contribution in [0.4, 0.5) is 0 Å². The summed E-state index contributed by atoms with van der Waals surface area (Å²) in [6.45, 7) is 1.92. The minimum atomic E-state index is -0.905. The molecule has 0 spiro atoms. The number of hydrogen-bond acceptors (Lipinski definition) is 5. The molecule has 7 nitrogen and oxygen atoms in total. The standard InChI is InChI=1S/C19H15N5O2/c1-11-3-2-4-16(22-11)19-13(10-21-24-19)14-5-6-15-18(23-14)12(7-8-20-15)9-17(25)26/h2-8,10H,9H2,1H3,(H,21,24)(H,25,26). The molecule has 0 saturated carbocycles. The number of fused-ring (bicyclic) bond motifs is 1. The summed E-state index contributed by atoms with van der Waals surface area (Å²) in [4.78, 5) is 24.6. The van der Waals surface area contributed by atoms with Gasteiger partial charge in [-0.25, -0.2) is 4.98 Å². The fourth-order valence-electron chi connectivity index (χ4n) is 2.89. The van der Waals surface area contributed by atoms with Crippen molar-refractivity contribution >= 4 is 17.0 Å². The number of carbonyl (C=O) groups is 1. The molecule has 0 amide bonds. The van der Waals surface area contributed by atoms with Crippen molar-refractivity contribution in [3.05, 3.63) is 60.0 Å². The Balaban J connectivity index is 1.86. The molecular formula is C19H15N5O2. The fraction of sp³-hybridized carbons (Fsp3) is 0.105. The van der Waals surface area contributed by atoms with Crippen molar-refractivity contribution in [2.45, 2.75) is 13.3 Å². The van der Waals surface area contributed by atoms with Gasteiger partial charge in [0.25, 0.3) is 0 Å². The van der Waals surface area contributed by atoms with E-state index in [-0.39, 0.29) is 6.42 Å². The molecule has 0 aliphatic heterocycles. The van der Waals surface area contributed by atoms with Crippen molar-refractivity contribution in [3.8, 4) is 22.6 Å². The zero-order valence-electron chi connectivity index (χ0n) is 14.0. The number of carboxylic acid groups (broad SMARTS) is 1. The van der Waals surface area contributed by atoms with Gasteiger partial charge in [0.1, 0.15) is 5.69 Å². The Morgan fingerprint density at radius 1 is 1.12 bits per heavy atom. The summed E-state index contributed by atoms with van der Waals surface area (Å²) in [7, 11) is 0. The van der Waals surface area contributed by atoms with E-state index < -0.39 is 5.97 Å². The minimum absolute atomic E-state index is 0.104. The molecule has 0 radical (unpaired) electrons. The number of nitrogens with one attached hydrogen (secondary N) is 1. The van der Waals surface area contributed by atoms with Gasteiger partial charge < -0.3 is 5.11 Å². The third-order valence-electron chi connectivity index (χ3n) is 4.06. The molecule has 0 atom stereocenters. The molecule has 0 aliphatic carbocycles. The predicted molar refractivity (Wildman–Crippen MR) is 96.4 cm³/mol. The Kier molecular flexibility index (Phi) is 3.89. The number of rotatable bonds is 4. The maximum atomic E-state index is 11.1. The van der Waals surface area contributed by atoms with Gasteiger partial charge in [0, 0.05) is 23.7 Å². The largest absolute Gasteiger partial charge is 0.481 e. The van der Waals surface area contributed by atoms with Gasteiger partial charge in [0.15, 0.2) is 0 Å². The molecular weight excluding hydrogens is 330 g/mol. The van der Waals surface area contributed by atoms with E-state index >= 15 is 0 Å². The van der Waals surface area contributed by atoms with Crippen molar-refractivity contribution < 1.29 is 9.90 Å². The number of aromatic nitrogens is 5. The lowest BCUT2D eigenvalue weighted by molar-refractivity contribution is -0.136. The monoisotopic (exact) mass is 345 g/mol. The summed E-state index contributed by atoms with van der Waals surface area (Å²) in [5, 5.41) is 16.3. The van der Waals surface area contributed by atoms with Gasteiger partial charge in [-0.3, -0.25) is 19.9 Å². The first-order chi connectivity index (χ1) is 12.6. The van der Waals surface area contributed by atoms with Crippen LogP contribution in [0, 0.1) is 6.92 Å². The van der Waals surface area contributed by atoms with Crippen LogP contribution < -0.4 is 0 Å². The Bertz CT molecular complexity index is 1120. The van der Waals surface area contributed by atoms with E-state index in [9.17, 15) is 4.79 Å². The van der Waals surface area contributed by atoms with Crippen molar-refractivity contribution in [2.24, 2.45) is 0 Å². The predicted octanol–water partition coefficient (Wildman–Crippen LogP) is 3.02. The number of aromatic amines is 1. The molecule has 0 unspecified atom stereocenters. The molecule has 4 heterocycles. The van der Waals surface area contributed by atoms with Crippen LogP contribution in [0.2, 0.25) is 0 Å². The highest BCUT2D eigenvalue weighted by molar-refractivity contribution is 5.86. The van der Waals surface area contributed by atoms with Crippen molar-refractivity contribution in [1.82, 2.24) is 25.1 Å². The molecule has 0 aliphatic rings. The third-order valence-corrected chi connectivity index (χ3v) is 4.06. The minimum Gasteiger partial charge on any atom is -0.481 e. The molecule has 2 N–H and O–H groups in total. The van der Waals surface area contributed by atoms with E-state index in [1.807, 2.05) is 37.3 Å². The molecule has 128 valence electrons. The summed E-state index contributed by atoms with van der Waals surface area (Å²) < 4.78 is 0. The zero-order chi connectivity index (χ0) is 18.1. The second-order valence-electron chi connectivity index (χ2n) is 5.92. The van der Waals surface area contributed by atoms with Gasteiger partial charge in [-0.15, -0.1) is 0 Å². The SMILES string of the molecule is Cc1cccc(-c2n[nH]cc2-c2ccc3nccc(CC(=O)O)c3n2)n1. The van der Waals surface area contributed by atoms with Crippen LogP contribution in [0.25, 0.3) is 33.7 Å². The Morgan fingerprint density at radius 2 is 2.00 bits per heavy atom. The Labute approximate surface area is 148 Å². The van der Waals surface area contributed by atoms with E-state index in [4.69, 9.17) is 5.11 Å². The summed E-state index contributed by atoms with van der Waals surface area (Å²) in [5.74, 6) is -0.905. The number of aryl methyl sites for hydroxylation is 1. The van der Waals surface area contributed by atoms with E-state index in [1.54, 1.807) is 18.5 Å². The van der Waals surface area contributed by atoms with Gasteiger partial charge in [-0.05, 0) is 42.8 Å². The average Bonchev–Trinajstić information content (AvgIpc) is 3.11. The number of pyridine rings is 3. The maximum absolute atomic E-state index is 11.1. The fourth-order valence-corrected chi connectivity index (χ4v) is 2.89. The zero-order valence-corrected chi connectivity index (χ0v) is 14.0. The van der Waals surface area contributed by atoms with Crippen molar-refractivity contribution in [1.29, 1.82) is 0 Å². The number of aliphatic carboxylic acids is 1. The number of H-pyrrole nitrogens is 1. The summed E-state index contributed by atoms with van der Waals surface area (Å²) >= 11 is 0. The molecule has 4 aromatic rings. The van der Waals surface area contributed by atoms with E-state index in [0.29, 0.717) is 28.0 Å². The lowest BCUT2D eigenvalue weighted by Gasteiger charge is -2.06. The number of nitrogens with zero attached hydrogens (tertiary/aromatic N) is 4. The van der Waals surface area contributed by atoms with E-state index in [2.05, 4.69) is 25.1 Å². The maximum Gasteiger partial charge on any atom is 0.307 e. The van der Waals surface area contributed by atoms with Crippen LogP contribution in [0.15, 0.2) is 48.8 Å². The van der Waals surface area contributed by atoms with Crippen molar-refractivity contribution in [3.63, 3.8) is 0 Å². The Morgan fingerprint density at radius 3 is 2.81 bits per heavy atom. The summed E-state index contributed by atoms with van der Waals surface area (Å²) in [6, 6.07) is 11.1. The Hall–Kier alpha value is -3.61.